The summed E-state index contributed by atoms with van der Waals surface area (Å²) >= 11 is 5.86. The van der Waals surface area contributed by atoms with Crippen molar-refractivity contribution in [2.45, 2.75) is 13.0 Å². The number of urea groups is 1. The minimum Gasteiger partial charge on any atom is -0.497 e. The van der Waals surface area contributed by atoms with Crippen molar-refractivity contribution < 1.29 is 19.1 Å². The van der Waals surface area contributed by atoms with E-state index in [1.807, 2.05) is 0 Å². The van der Waals surface area contributed by atoms with E-state index in [-0.39, 0.29) is 12.5 Å². The van der Waals surface area contributed by atoms with Gasteiger partial charge in [0, 0.05) is 5.70 Å². The Morgan fingerprint density at radius 1 is 1.32 bits per heavy atom. The molecule has 1 heterocycles. The van der Waals surface area contributed by atoms with Gasteiger partial charge in [0.15, 0.2) is 0 Å². The van der Waals surface area contributed by atoms with Crippen LogP contribution in [0, 0.1) is 0 Å². The van der Waals surface area contributed by atoms with E-state index >= 15 is 0 Å². The third-order valence-electron chi connectivity index (χ3n) is 3.23. The van der Waals surface area contributed by atoms with Crippen LogP contribution in [-0.4, -0.2) is 31.6 Å². The first-order valence-electron chi connectivity index (χ1n) is 6.78. The second kappa shape index (κ2) is 7.17. The molecule has 0 aromatic heterocycles. The molecule has 2 rings (SSSR count). The maximum atomic E-state index is 12.2. The van der Waals surface area contributed by atoms with Crippen LogP contribution in [0.2, 0.25) is 0 Å². The Morgan fingerprint density at radius 3 is 2.55 bits per heavy atom. The number of ether oxygens (including phenoxy) is 2. The van der Waals surface area contributed by atoms with Crippen molar-refractivity contribution in [2.75, 3.05) is 19.6 Å². The number of hydrogen-bond acceptors (Lipinski definition) is 4. The fraction of sp³-hybridized carbons (Fsp3) is 0.333. The first-order chi connectivity index (χ1) is 10.6. The van der Waals surface area contributed by atoms with Gasteiger partial charge in [-0.1, -0.05) is 12.1 Å². The molecule has 1 aromatic carbocycles. The average Bonchev–Trinajstić information content (AvgIpc) is 2.54. The number of carbonyl (C=O) groups excluding carboxylic acids is 2. The molecular weight excluding hydrogens is 308 g/mol. The van der Waals surface area contributed by atoms with Gasteiger partial charge in [-0.05, 0) is 24.6 Å². The van der Waals surface area contributed by atoms with Gasteiger partial charge in [0.2, 0.25) is 0 Å². The van der Waals surface area contributed by atoms with Crippen molar-refractivity contribution >= 4 is 23.6 Å². The van der Waals surface area contributed by atoms with Gasteiger partial charge in [0.05, 0.1) is 31.2 Å². The van der Waals surface area contributed by atoms with Gasteiger partial charge < -0.3 is 20.1 Å². The van der Waals surface area contributed by atoms with Crippen molar-refractivity contribution in [2.24, 2.45) is 0 Å². The molecule has 6 nitrogen and oxygen atoms in total. The fourth-order valence-electron chi connectivity index (χ4n) is 2.22. The van der Waals surface area contributed by atoms with Crippen LogP contribution < -0.4 is 15.4 Å². The molecule has 2 amide bonds. The summed E-state index contributed by atoms with van der Waals surface area (Å²) in [5.41, 5.74) is 1.40. The van der Waals surface area contributed by atoms with E-state index in [2.05, 4.69) is 10.6 Å². The molecule has 0 saturated carbocycles. The van der Waals surface area contributed by atoms with E-state index in [0.29, 0.717) is 17.0 Å². The number of halogens is 1. The molecule has 22 heavy (non-hydrogen) atoms. The number of rotatable bonds is 5. The Balaban J connectivity index is 2.44. The monoisotopic (exact) mass is 324 g/mol. The van der Waals surface area contributed by atoms with Crippen LogP contribution in [-0.2, 0) is 9.53 Å². The number of amides is 2. The number of methoxy groups -OCH3 is 1. The molecule has 0 spiro atoms. The summed E-state index contributed by atoms with van der Waals surface area (Å²) in [6.45, 7) is 1.96. The molecule has 1 atom stereocenters. The van der Waals surface area contributed by atoms with Crippen molar-refractivity contribution in [1.82, 2.24) is 10.6 Å². The zero-order valence-electron chi connectivity index (χ0n) is 12.3. The van der Waals surface area contributed by atoms with Gasteiger partial charge in [-0.15, -0.1) is 11.6 Å². The van der Waals surface area contributed by atoms with Crippen LogP contribution in [0.4, 0.5) is 4.79 Å². The highest BCUT2D eigenvalue weighted by Crippen LogP contribution is 2.29. The van der Waals surface area contributed by atoms with Gasteiger partial charge in [0.25, 0.3) is 0 Å². The quantitative estimate of drug-likeness (QED) is 0.642. The Kier molecular flexibility index (Phi) is 5.27. The molecule has 0 unspecified atom stereocenters. The number of benzene rings is 1. The molecule has 2 N–H and O–H groups in total. The summed E-state index contributed by atoms with van der Waals surface area (Å²) in [6, 6.07) is 6.04. The minimum absolute atomic E-state index is 0.00816. The standard InChI is InChI=1S/C15H17ClN2O4/c1-3-22-14(19)12-11(8-16)17-15(20)18-13(12)9-4-6-10(21-2)7-5-9/h4-7,13H,3,8H2,1-2H3,(H2,17,18,20)/t13-/m0/s1. The number of nitrogens with one attached hydrogen (secondary N) is 2. The Hall–Kier alpha value is -2.21. The summed E-state index contributed by atoms with van der Waals surface area (Å²) in [7, 11) is 1.57. The van der Waals surface area contributed by atoms with Crippen LogP contribution in [0.1, 0.15) is 18.5 Å². The lowest BCUT2D eigenvalue weighted by Crippen LogP contribution is -2.46. The predicted molar refractivity (Wildman–Crippen MR) is 81.8 cm³/mol. The highest BCUT2D eigenvalue weighted by atomic mass is 35.5. The van der Waals surface area contributed by atoms with E-state index in [0.717, 1.165) is 5.56 Å². The van der Waals surface area contributed by atoms with Crippen LogP contribution in [0.15, 0.2) is 35.5 Å². The number of carbonyl (C=O) groups is 2. The van der Waals surface area contributed by atoms with Gasteiger partial charge >= 0.3 is 12.0 Å². The maximum Gasteiger partial charge on any atom is 0.338 e. The van der Waals surface area contributed by atoms with Gasteiger partial charge in [0.1, 0.15) is 5.75 Å². The van der Waals surface area contributed by atoms with Crippen LogP contribution >= 0.6 is 11.6 Å². The second-order valence-electron chi connectivity index (χ2n) is 4.55. The number of esters is 1. The molecule has 0 aliphatic carbocycles. The lowest BCUT2D eigenvalue weighted by atomic mass is 9.95. The first kappa shape index (κ1) is 16.2. The normalized spacial score (nSPS) is 17.6. The number of allylic oxidation sites excluding steroid dienone is 1. The van der Waals surface area contributed by atoms with E-state index in [1.54, 1.807) is 38.3 Å². The largest absolute Gasteiger partial charge is 0.497 e. The lowest BCUT2D eigenvalue weighted by molar-refractivity contribution is -0.139. The summed E-state index contributed by atoms with van der Waals surface area (Å²) in [6.07, 6.45) is 0. The fourth-order valence-corrected chi connectivity index (χ4v) is 2.43. The zero-order chi connectivity index (χ0) is 16.1. The number of alkyl halides is 1. The Morgan fingerprint density at radius 2 is 2.00 bits per heavy atom. The molecule has 0 saturated heterocycles. The van der Waals surface area contributed by atoms with E-state index in [4.69, 9.17) is 21.1 Å². The molecule has 1 aliphatic heterocycles. The molecule has 0 fully saturated rings. The smallest absolute Gasteiger partial charge is 0.338 e. The topological polar surface area (TPSA) is 76.7 Å². The summed E-state index contributed by atoms with van der Waals surface area (Å²) < 4.78 is 10.2. The molecular formula is C15H17ClN2O4. The average molecular weight is 325 g/mol. The first-order valence-corrected chi connectivity index (χ1v) is 7.31. The minimum atomic E-state index is -0.618. The zero-order valence-corrected chi connectivity index (χ0v) is 13.1. The van der Waals surface area contributed by atoms with E-state index in [1.165, 1.54) is 0 Å². The maximum absolute atomic E-state index is 12.2. The second-order valence-corrected chi connectivity index (χ2v) is 4.82. The third kappa shape index (κ3) is 3.33. The van der Waals surface area contributed by atoms with Crippen molar-refractivity contribution in [3.63, 3.8) is 0 Å². The third-order valence-corrected chi connectivity index (χ3v) is 3.50. The van der Waals surface area contributed by atoms with Gasteiger partial charge in [-0.25, -0.2) is 9.59 Å². The summed E-state index contributed by atoms with van der Waals surface area (Å²) in [5.74, 6) is 0.184. The van der Waals surface area contributed by atoms with E-state index in [9.17, 15) is 9.59 Å². The molecule has 7 heteroatoms. The molecule has 1 aromatic rings. The van der Waals surface area contributed by atoms with Crippen molar-refractivity contribution in [3.8, 4) is 5.75 Å². The van der Waals surface area contributed by atoms with E-state index < -0.39 is 18.0 Å². The highest BCUT2D eigenvalue weighted by Gasteiger charge is 2.33. The number of hydrogen-bond donors (Lipinski definition) is 2. The summed E-state index contributed by atoms with van der Waals surface area (Å²) in [5, 5.41) is 5.27. The molecule has 1 aliphatic rings. The highest BCUT2D eigenvalue weighted by molar-refractivity contribution is 6.20. The van der Waals surface area contributed by atoms with Gasteiger partial charge in [-0.3, -0.25) is 0 Å². The SMILES string of the molecule is CCOC(=O)C1=C(CCl)NC(=O)N[C@H]1c1ccc(OC)cc1. The van der Waals surface area contributed by atoms with Crippen molar-refractivity contribution in [1.29, 1.82) is 0 Å². The van der Waals surface area contributed by atoms with Crippen molar-refractivity contribution in [3.05, 3.63) is 41.1 Å². The Bertz CT molecular complexity index is 598. The molecule has 0 radical (unpaired) electrons. The van der Waals surface area contributed by atoms with Crippen LogP contribution in [0.3, 0.4) is 0 Å². The predicted octanol–water partition coefficient (Wildman–Crippen LogP) is 2.11. The molecule has 118 valence electrons. The van der Waals surface area contributed by atoms with Crippen LogP contribution in [0.25, 0.3) is 0 Å². The summed E-state index contributed by atoms with van der Waals surface area (Å²) in [4.78, 5) is 24.0. The lowest BCUT2D eigenvalue weighted by Gasteiger charge is -2.28. The Labute approximate surface area is 133 Å². The van der Waals surface area contributed by atoms with Gasteiger partial charge in [-0.2, -0.15) is 0 Å². The molecule has 0 bridgehead atoms. The van der Waals surface area contributed by atoms with Crippen LogP contribution in [0.5, 0.6) is 5.75 Å².